The first kappa shape index (κ1) is 25.3. The van der Waals surface area contributed by atoms with Crippen LogP contribution in [0.2, 0.25) is 0 Å². The molecule has 1 fully saturated rings. The van der Waals surface area contributed by atoms with Gasteiger partial charge >= 0.3 is 6.09 Å². The molecular formula is C30H32N4O5. The Bertz CT molecular complexity index is 1610. The fourth-order valence-corrected chi connectivity index (χ4v) is 5.11. The summed E-state index contributed by atoms with van der Waals surface area (Å²) in [4.78, 5) is 28.9. The highest BCUT2D eigenvalue weighted by atomic mass is 16.7. The lowest BCUT2D eigenvalue weighted by Crippen LogP contribution is -2.46. The first-order valence-electron chi connectivity index (χ1n) is 13.2. The molecule has 1 aromatic carbocycles. The molecule has 2 aliphatic rings. The number of pyridine rings is 2. The van der Waals surface area contributed by atoms with Crippen molar-refractivity contribution in [1.29, 1.82) is 0 Å². The summed E-state index contributed by atoms with van der Waals surface area (Å²) in [5.74, 6) is 1.20. The van der Waals surface area contributed by atoms with E-state index in [0.29, 0.717) is 29.3 Å². The van der Waals surface area contributed by atoms with Gasteiger partial charge in [-0.2, -0.15) is 0 Å². The lowest BCUT2D eigenvalue weighted by molar-refractivity contribution is 0.0171. The molecule has 4 heterocycles. The average molecular weight is 529 g/mol. The smallest absolute Gasteiger partial charge is 0.411 e. The maximum Gasteiger partial charge on any atom is 0.411 e. The molecule has 1 amide bonds. The van der Waals surface area contributed by atoms with Crippen LogP contribution in [0.15, 0.2) is 46.9 Å². The first-order chi connectivity index (χ1) is 18.6. The van der Waals surface area contributed by atoms with Crippen LogP contribution in [0.25, 0.3) is 39.0 Å². The zero-order valence-corrected chi connectivity index (χ0v) is 22.9. The molecule has 9 heteroatoms. The number of benzene rings is 1. The van der Waals surface area contributed by atoms with Crippen LogP contribution in [0, 0.1) is 6.92 Å². The summed E-state index contributed by atoms with van der Waals surface area (Å²) >= 11 is 0. The number of aryl methyl sites for hydroxylation is 1. The van der Waals surface area contributed by atoms with Crippen molar-refractivity contribution in [2.24, 2.45) is 0 Å². The summed E-state index contributed by atoms with van der Waals surface area (Å²) in [5, 5.41) is 0. The largest absolute Gasteiger partial charge is 0.467 e. The monoisotopic (exact) mass is 528 g/mol. The number of methoxy groups -OCH3 is 1. The van der Waals surface area contributed by atoms with Crippen LogP contribution >= 0.6 is 0 Å². The van der Waals surface area contributed by atoms with Gasteiger partial charge in [0.15, 0.2) is 18.3 Å². The van der Waals surface area contributed by atoms with E-state index in [9.17, 15) is 4.79 Å². The number of oxazole rings is 1. The molecule has 0 saturated heterocycles. The molecule has 6 rings (SSSR count). The molecule has 1 aliphatic heterocycles. The second-order valence-corrected chi connectivity index (χ2v) is 11.2. The van der Waals surface area contributed by atoms with Gasteiger partial charge in [-0.3, -0.25) is 4.90 Å². The summed E-state index contributed by atoms with van der Waals surface area (Å²) in [7, 11) is 1.58. The van der Waals surface area contributed by atoms with Crippen molar-refractivity contribution < 1.29 is 23.4 Å². The third kappa shape index (κ3) is 4.94. The molecule has 0 radical (unpaired) electrons. The van der Waals surface area contributed by atoms with E-state index in [0.717, 1.165) is 52.8 Å². The molecule has 0 unspecified atom stereocenters. The van der Waals surface area contributed by atoms with E-state index in [4.69, 9.17) is 28.6 Å². The van der Waals surface area contributed by atoms with Gasteiger partial charge < -0.3 is 18.6 Å². The van der Waals surface area contributed by atoms with Gasteiger partial charge in [-0.15, -0.1) is 0 Å². The molecule has 4 aromatic rings. The Morgan fingerprint density at radius 1 is 1.03 bits per heavy atom. The highest BCUT2D eigenvalue weighted by Gasteiger charge is 2.51. The lowest BCUT2D eigenvalue weighted by atomic mass is 9.97. The second kappa shape index (κ2) is 9.34. The molecule has 1 aliphatic carbocycles. The van der Waals surface area contributed by atoms with E-state index in [-0.39, 0.29) is 18.4 Å². The van der Waals surface area contributed by atoms with Gasteiger partial charge in [-0.25, -0.2) is 19.7 Å². The summed E-state index contributed by atoms with van der Waals surface area (Å²) in [6, 6.07) is 11.7. The summed E-state index contributed by atoms with van der Waals surface area (Å²) in [6.07, 6.45) is 4.57. The molecule has 39 heavy (non-hydrogen) atoms. The average Bonchev–Trinajstić information content (AvgIpc) is 3.54. The van der Waals surface area contributed by atoms with Crippen LogP contribution in [0.5, 0.6) is 5.75 Å². The molecular weight excluding hydrogens is 496 g/mol. The van der Waals surface area contributed by atoms with Gasteiger partial charge in [0.25, 0.3) is 0 Å². The fraction of sp³-hybridized carbons (Fsp3) is 0.400. The fourth-order valence-electron chi connectivity index (χ4n) is 5.11. The number of aromatic nitrogens is 3. The van der Waals surface area contributed by atoms with Crippen molar-refractivity contribution >= 4 is 33.8 Å². The lowest BCUT2D eigenvalue weighted by Gasteiger charge is -2.36. The quantitative estimate of drug-likeness (QED) is 0.279. The molecule has 1 saturated carbocycles. The summed E-state index contributed by atoms with van der Waals surface area (Å²) in [6.45, 7) is 8.23. The Morgan fingerprint density at radius 2 is 1.74 bits per heavy atom. The van der Waals surface area contributed by atoms with Gasteiger partial charge in [0.05, 0.1) is 28.0 Å². The molecule has 0 atom stereocenters. The molecule has 0 N–H and O–H groups in total. The van der Waals surface area contributed by atoms with Gasteiger partial charge in [-0.1, -0.05) is 6.08 Å². The van der Waals surface area contributed by atoms with Gasteiger partial charge in [0, 0.05) is 32.2 Å². The highest BCUT2D eigenvalue weighted by Crippen LogP contribution is 2.48. The minimum absolute atomic E-state index is 0.107. The number of amides is 1. The maximum atomic E-state index is 12.8. The van der Waals surface area contributed by atoms with Crippen LogP contribution in [-0.4, -0.2) is 57.5 Å². The molecule has 1 spiro atoms. The van der Waals surface area contributed by atoms with E-state index in [1.54, 1.807) is 7.11 Å². The van der Waals surface area contributed by atoms with Crippen molar-refractivity contribution in [2.45, 2.75) is 58.1 Å². The van der Waals surface area contributed by atoms with E-state index < -0.39 is 5.60 Å². The van der Waals surface area contributed by atoms with Crippen molar-refractivity contribution in [1.82, 2.24) is 19.9 Å². The standard InChI is InChI=1S/C30H32N4O5/c1-18-31-25-15-26(37-17-36-5)20(14-27(25)38-18)22-7-9-23-24(33-22)8-6-21(32-23)19-10-13-34(30(16-19)11-12-30)28(35)39-29(2,3)4/h6-9,14-16H,10-13,17H2,1-5H3. The van der Waals surface area contributed by atoms with Crippen LogP contribution < -0.4 is 4.74 Å². The topological polar surface area (TPSA) is 99.8 Å². The Kier molecular flexibility index (Phi) is 6.06. The minimum atomic E-state index is -0.515. The number of fused-ring (bicyclic) bond motifs is 2. The van der Waals surface area contributed by atoms with Crippen molar-refractivity contribution in [3.63, 3.8) is 0 Å². The molecule has 202 valence electrons. The third-order valence-electron chi connectivity index (χ3n) is 7.04. The number of carbonyl (C=O) groups excluding carboxylic acids is 1. The van der Waals surface area contributed by atoms with Crippen LogP contribution in [0.1, 0.15) is 51.6 Å². The summed E-state index contributed by atoms with van der Waals surface area (Å²) < 4.78 is 22.4. The molecule has 3 aromatic heterocycles. The molecule has 9 nitrogen and oxygen atoms in total. The van der Waals surface area contributed by atoms with Crippen molar-refractivity contribution in [3.05, 3.63) is 54.1 Å². The number of nitrogens with zero attached hydrogens (tertiary/aromatic N) is 4. The first-order valence-corrected chi connectivity index (χ1v) is 13.2. The van der Waals surface area contributed by atoms with Crippen molar-refractivity contribution in [2.75, 3.05) is 20.4 Å². The number of rotatable bonds is 5. The van der Waals surface area contributed by atoms with Gasteiger partial charge in [-0.05, 0) is 75.9 Å². The van der Waals surface area contributed by atoms with E-state index in [2.05, 4.69) is 11.1 Å². The highest BCUT2D eigenvalue weighted by molar-refractivity contribution is 5.87. The van der Waals surface area contributed by atoms with Gasteiger partial charge in [0.2, 0.25) is 0 Å². The maximum absolute atomic E-state index is 12.8. The predicted octanol–water partition coefficient (Wildman–Crippen LogP) is 6.29. The van der Waals surface area contributed by atoms with Crippen LogP contribution in [0.4, 0.5) is 4.79 Å². The zero-order chi connectivity index (χ0) is 27.4. The van der Waals surface area contributed by atoms with E-state index in [1.165, 1.54) is 0 Å². The number of hydrogen-bond acceptors (Lipinski definition) is 8. The Hall–Kier alpha value is -3.98. The Labute approximate surface area is 226 Å². The Balaban J connectivity index is 1.30. The number of hydrogen-bond donors (Lipinski definition) is 0. The normalized spacial score (nSPS) is 16.5. The Morgan fingerprint density at radius 3 is 2.44 bits per heavy atom. The zero-order valence-electron chi connectivity index (χ0n) is 22.9. The van der Waals surface area contributed by atoms with Crippen LogP contribution in [0.3, 0.4) is 0 Å². The van der Waals surface area contributed by atoms with Gasteiger partial charge in [0.1, 0.15) is 16.9 Å². The van der Waals surface area contributed by atoms with Crippen LogP contribution in [-0.2, 0) is 9.47 Å². The minimum Gasteiger partial charge on any atom is -0.467 e. The number of ether oxygens (including phenoxy) is 3. The van der Waals surface area contributed by atoms with E-state index in [1.807, 2.05) is 69.0 Å². The SMILES string of the molecule is COCOc1cc2nc(C)oc2cc1-c1ccc2nc(C3=CC4(CC4)N(C(=O)OC(C)(C)C)CC3)ccc2n1. The second-order valence-electron chi connectivity index (χ2n) is 11.2. The third-order valence-corrected chi connectivity index (χ3v) is 7.04. The van der Waals surface area contributed by atoms with E-state index >= 15 is 0 Å². The number of carbonyl (C=O) groups is 1. The predicted molar refractivity (Wildman–Crippen MR) is 147 cm³/mol. The summed E-state index contributed by atoms with van der Waals surface area (Å²) in [5.41, 5.74) is 5.77. The molecule has 0 bridgehead atoms. The van der Waals surface area contributed by atoms with Crippen molar-refractivity contribution in [3.8, 4) is 17.0 Å².